The molecule has 0 N–H and O–H groups in total. The van der Waals surface area contributed by atoms with Crippen LogP contribution in [0.4, 0.5) is 0 Å². The zero-order valence-corrected chi connectivity index (χ0v) is 63.4. The lowest BCUT2D eigenvalue weighted by Crippen LogP contribution is -2.91. The zero-order valence-electron chi connectivity index (χ0n) is 57.4. The van der Waals surface area contributed by atoms with Gasteiger partial charge in [0.15, 0.2) is 0 Å². The quantitative estimate of drug-likeness (QED) is 0.0421. The first-order valence-electron chi connectivity index (χ1n) is 38.0. The van der Waals surface area contributed by atoms with Crippen molar-refractivity contribution in [2.45, 2.75) is 464 Å². The summed E-state index contributed by atoms with van der Waals surface area (Å²) in [5.74, 6) is 0. The average Bonchev–Trinajstić information content (AvgIpc) is 3.43. The summed E-state index contributed by atoms with van der Waals surface area (Å²) in [5, 5.41) is 0. The van der Waals surface area contributed by atoms with Gasteiger partial charge in [0.25, 0.3) is 0 Å². The van der Waals surface area contributed by atoms with Crippen LogP contribution >= 0.6 is 0 Å². The topological polar surface area (TPSA) is 0 Å². The molecule has 0 spiro atoms. The van der Waals surface area contributed by atoms with E-state index in [0.717, 1.165) is 0 Å². The van der Waals surface area contributed by atoms with Gasteiger partial charge in [-0.15, -0.1) is 0 Å². The highest BCUT2D eigenvalue weighted by Crippen LogP contribution is 2.57. The molecule has 0 aliphatic heterocycles. The first-order chi connectivity index (χ1) is 38.3. The molecule has 0 nitrogen and oxygen atoms in total. The summed E-state index contributed by atoms with van der Waals surface area (Å²) in [7, 11) is -8.47. The minimum Gasteiger partial charge on any atom is -0.0654 e. The van der Waals surface area contributed by atoms with E-state index in [1.54, 1.807) is 178 Å². The first kappa shape index (κ1) is 79.3. The molecule has 0 rings (SSSR count). The molecule has 0 aromatic rings. The Balaban J connectivity index is 10.5. The van der Waals surface area contributed by atoms with Crippen molar-refractivity contribution in [1.29, 1.82) is 0 Å². The molecule has 0 unspecified atom stereocenters. The van der Waals surface area contributed by atoms with Crippen molar-refractivity contribution in [3.8, 4) is 0 Å². The molecule has 78 heavy (non-hydrogen) atoms. The number of unbranched alkanes of at least 4 members (excludes halogenated alkanes) is 36. The molecule has 6 heteroatoms. The van der Waals surface area contributed by atoms with Gasteiger partial charge in [0.05, 0.1) is 0 Å². The molecule has 0 aliphatic carbocycles. The minimum atomic E-state index is -1.93. The molecular formula is C72H156Si6. The molecular weight excluding hydrogens is 1030 g/mol. The Morgan fingerprint density at radius 2 is 0.295 bits per heavy atom. The Labute approximate surface area is 505 Å². The molecule has 0 heterocycles. The molecule has 0 saturated carbocycles. The highest BCUT2D eigenvalue weighted by Gasteiger charge is 2.72. The van der Waals surface area contributed by atoms with Crippen LogP contribution in [0.15, 0.2) is 0 Å². The average molecular weight is 1190 g/mol. The van der Waals surface area contributed by atoms with E-state index in [4.69, 9.17) is 0 Å². The first-order valence-corrected chi connectivity index (χ1v) is 56.5. The summed E-state index contributed by atoms with van der Waals surface area (Å²) in [6, 6.07) is 22.3. The predicted octanol–water partition coefficient (Wildman–Crippen LogP) is 28.1. The van der Waals surface area contributed by atoms with Gasteiger partial charge in [-0.1, -0.05) is 464 Å². The molecule has 0 aliphatic rings. The molecule has 0 fully saturated rings. The SMILES string of the molecule is CCCCCC[Si](CCCCCC)[Si](CCCCCC)(CCCCCC)[Si](CCCCCC)(CCCCCC)[Si](CCCCCC)(CCCCCC)[Si](CCCCCC)(CCCCCC)[Si](CCCCCC)CCCCCC. The van der Waals surface area contributed by atoms with Gasteiger partial charge in [-0.05, 0) is 0 Å². The van der Waals surface area contributed by atoms with Gasteiger partial charge in [-0.2, -0.15) is 0 Å². The second kappa shape index (κ2) is 56.1. The van der Waals surface area contributed by atoms with E-state index >= 15 is 0 Å². The summed E-state index contributed by atoms with van der Waals surface area (Å²) in [4.78, 5) is 0. The summed E-state index contributed by atoms with van der Waals surface area (Å²) in [6.45, 7) is 30.6. The molecule has 0 atom stereocenters. The van der Waals surface area contributed by atoms with Gasteiger partial charge in [0, 0.05) is 45.1 Å². The highest BCUT2D eigenvalue weighted by atomic mass is 30.0. The molecule has 0 amide bonds. The Hall–Kier alpha value is 1.30. The van der Waals surface area contributed by atoms with Crippen LogP contribution in [0.3, 0.4) is 0 Å². The van der Waals surface area contributed by atoms with E-state index in [-0.39, 0.29) is 0 Å². The fourth-order valence-electron chi connectivity index (χ4n) is 16.8. The van der Waals surface area contributed by atoms with E-state index in [1.165, 1.54) is 154 Å². The maximum atomic E-state index is 2.57. The summed E-state index contributed by atoms with van der Waals surface area (Å²) in [5.41, 5.74) is 0. The molecule has 0 aromatic carbocycles. The van der Waals surface area contributed by atoms with Crippen LogP contribution < -0.4 is 0 Å². The van der Waals surface area contributed by atoms with Crippen molar-refractivity contribution < 1.29 is 0 Å². The maximum Gasteiger partial charge on any atom is 0.0378 e. The fourth-order valence-corrected chi connectivity index (χ4v) is 176. The summed E-state index contributed by atoms with van der Waals surface area (Å²) < 4.78 is 0. The standard InChI is InChI=1S/C72H156Si6/c1-13-25-37-49-61-73(62-50-38-26-14-2)75(65-53-41-29-17-5,66-54-42-30-18-6)77(69-57-45-33-21-9,70-58-46-34-22-10)78(71-59-47-35-23-11,72-60-48-36-24-12)76(67-55-43-31-19-7,68-56-44-32-20-8)74(63-51-39-27-15-3)64-52-40-28-16-4/h13-72H2,1-12H3. The van der Waals surface area contributed by atoms with E-state index in [9.17, 15) is 0 Å². The zero-order chi connectivity index (χ0) is 57.6. The van der Waals surface area contributed by atoms with Crippen LogP contribution in [-0.2, 0) is 0 Å². The van der Waals surface area contributed by atoms with Crippen LogP contribution in [0.5, 0.6) is 0 Å². The van der Waals surface area contributed by atoms with Crippen molar-refractivity contribution in [1.82, 2.24) is 0 Å². The number of hydrogen-bond acceptors (Lipinski definition) is 0. The van der Waals surface area contributed by atoms with Gasteiger partial charge in [-0.25, -0.2) is 0 Å². The van der Waals surface area contributed by atoms with Crippen LogP contribution in [0.25, 0.3) is 0 Å². The monoisotopic (exact) mass is 1190 g/mol. The van der Waals surface area contributed by atoms with E-state index in [0.29, 0.717) is 0 Å². The van der Waals surface area contributed by atoms with Gasteiger partial charge in [0.2, 0.25) is 0 Å². The molecule has 0 aromatic heterocycles. The van der Waals surface area contributed by atoms with Gasteiger partial charge in [-0.3, -0.25) is 0 Å². The van der Waals surface area contributed by atoms with Crippen molar-refractivity contribution in [3.05, 3.63) is 0 Å². The molecule has 0 bridgehead atoms. The van der Waals surface area contributed by atoms with Gasteiger partial charge < -0.3 is 0 Å². The summed E-state index contributed by atoms with van der Waals surface area (Å²) >= 11 is 0. The predicted molar refractivity (Wildman–Crippen MR) is 382 cm³/mol. The molecule has 468 valence electrons. The lowest BCUT2D eigenvalue weighted by Gasteiger charge is -2.69. The third-order valence-corrected chi connectivity index (χ3v) is 121. The molecule has 0 saturated heterocycles. The van der Waals surface area contributed by atoms with Crippen LogP contribution in [-0.4, -0.2) is 45.1 Å². The van der Waals surface area contributed by atoms with Crippen molar-refractivity contribution in [2.24, 2.45) is 0 Å². The largest absolute Gasteiger partial charge is 0.0654 e. The van der Waals surface area contributed by atoms with E-state index in [2.05, 4.69) is 83.1 Å². The second-order valence-corrected chi connectivity index (χ2v) is 77.5. The van der Waals surface area contributed by atoms with E-state index in [1.807, 2.05) is 48.4 Å². The Morgan fingerprint density at radius 3 is 0.449 bits per heavy atom. The fraction of sp³-hybridized carbons (Fsp3) is 1.00. The van der Waals surface area contributed by atoms with Crippen molar-refractivity contribution >= 4 is 45.1 Å². The van der Waals surface area contributed by atoms with Crippen LogP contribution in [0.2, 0.25) is 72.5 Å². The van der Waals surface area contributed by atoms with Gasteiger partial charge in [0.1, 0.15) is 0 Å². The van der Waals surface area contributed by atoms with Crippen LogP contribution in [0, 0.1) is 0 Å². The Kier molecular flexibility index (Phi) is 57.1. The van der Waals surface area contributed by atoms with Crippen LogP contribution in [0.1, 0.15) is 391 Å². The lowest BCUT2D eigenvalue weighted by atomic mass is 10.2. The highest BCUT2D eigenvalue weighted by molar-refractivity contribution is 7.96. The third kappa shape index (κ3) is 31.1. The van der Waals surface area contributed by atoms with E-state index < -0.39 is 45.1 Å². The Bertz CT molecular complexity index is 1030. The second-order valence-electron chi connectivity index (χ2n) is 27.3. The smallest absolute Gasteiger partial charge is 0.0378 e. The summed E-state index contributed by atoms with van der Waals surface area (Å²) in [6.07, 6.45) is 74.2. The lowest BCUT2D eigenvalue weighted by molar-refractivity contribution is 0.670. The number of rotatable bonds is 65. The number of hydrogen-bond donors (Lipinski definition) is 0. The Morgan fingerprint density at radius 1 is 0.154 bits per heavy atom. The normalized spacial score (nSPS) is 12.8. The van der Waals surface area contributed by atoms with Crippen molar-refractivity contribution in [3.63, 3.8) is 0 Å². The van der Waals surface area contributed by atoms with Gasteiger partial charge >= 0.3 is 0 Å². The third-order valence-electron chi connectivity index (χ3n) is 21.1. The minimum absolute atomic E-state index is 0.489. The van der Waals surface area contributed by atoms with Crippen molar-refractivity contribution in [2.75, 3.05) is 0 Å². The molecule has 2 radical (unpaired) electrons. The maximum absolute atomic E-state index is 2.57.